The average Bonchev–Trinajstić information content (AvgIpc) is 3.03. The Labute approximate surface area is 180 Å². The van der Waals surface area contributed by atoms with E-state index in [0.29, 0.717) is 36.6 Å². The molecule has 1 aliphatic heterocycles. The van der Waals surface area contributed by atoms with Crippen molar-refractivity contribution in [3.8, 4) is 0 Å². The van der Waals surface area contributed by atoms with Crippen molar-refractivity contribution in [2.24, 2.45) is 0 Å². The van der Waals surface area contributed by atoms with Crippen LogP contribution >= 0.6 is 11.3 Å². The van der Waals surface area contributed by atoms with Gasteiger partial charge in [0.1, 0.15) is 5.00 Å². The molecule has 0 saturated carbocycles. The second-order valence-corrected chi connectivity index (χ2v) is 9.96. The number of sulfonamides is 1. The number of ether oxygens (including phenoxy) is 1. The van der Waals surface area contributed by atoms with E-state index in [1.807, 2.05) is 4.90 Å². The van der Waals surface area contributed by atoms with Crippen LogP contribution in [0.15, 0.2) is 0 Å². The van der Waals surface area contributed by atoms with Crippen molar-refractivity contribution in [2.75, 3.05) is 57.4 Å². The van der Waals surface area contributed by atoms with Crippen LogP contribution in [0.2, 0.25) is 0 Å². The molecule has 0 aliphatic carbocycles. The number of rotatable bonds is 8. The molecule has 2 heterocycles. The van der Waals surface area contributed by atoms with E-state index in [2.05, 4.69) is 10.6 Å². The molecule has 12 heteroatoms. The largest absolute Gasteiger partial charge is 0.462 e. The monoisotopic (exact) mass is 460 g/mol. The van der Waals surface area contributed by atoms with Gasteiger partial charge in [-0.15, -0.1) is 11.3 Å². The van der Waals surface area contributed by atoms with Crippen molar-refractivity contribution in [3.05, 3.63) is 16.0 Å². The fourth-order valence-electron chi connectivity index (χ4n) is 3.10. The molecule has 0 aromatic carbocycles. The Morgan fingerprint density at radius 3 is 2.30 bits per heavy atom. The molecule has 0 radical (unpaired) electrons. The van der Waals surface area contributed by atoms with Gasteiger partial charge in [-0.1, -0.05) is 0 Å². The van der Waals surface area contributed by atoms with Crippen molar-refractivity contribution in [1.82, 2.24) is 14.5 Å². The van der Waals surface area contributed by atoms with E-state index in [0.717, 1.165) is 11.3 Å². The number of hydrogen-bond acceptors (Lipinski definition) is 8. The van der Waals surface area contributed by atoms with Crippen LogP contribution in [-0.4, -0.2) is 87.5 Å². The number of carbonyl (C=O) groups is 3. The van der Waals surface area contributed by atoms with Gasteiger partial charge in [-0.05, 0) is 26.3 Å². The minimum atomic E-state index is -3.24. The standard InChI is InChI=1S/C18H28N4O6S2/c1-5-28-18(25)14-12(3)15(16(24)19-4)29-17(14)20-13(23)11-21-7-9-22(10-8-21)30(26,27)6-2/h5-11H2,1-4H3,(H,19,24)(H,20,23). The summed E-state index contributed by atoms with van der Waals surface area (Å²) in [6.07, 6.45) is 0. The number of thiophene rings is 1. The first-order valence-corrected chi connectivity index (χ1v) is 12.1. The molecule has 2 amide bonds. The zero-order valence-electron chi connectivity index (χ0n) is 17.6. The normalized spacial score (nSPS) is 15.6. The van der Waals surface area contributed by atoms with E-state index in [9.17, 15) is 22.8 Å². The molecule has 1 aliphatic rings. The molecule has 1 fully saturated rings. The highest BCUT2D eigenvalue weighted by Crippen LogP contribution is 2.33. The summed E-state index contributed by atoms with van der Waals surface area (Å²) < 4.78 is 30.4. The van der Waals surface area contributed by atoms with Crippen LogP contribution in [0.1, 0.15) is 39.4 Å². The topological polar surface area (TPSA) is 125 Å². The fourth-order valence-corrected chi connectivity index (χ4v) is 5.34. The first-order valence-electron chi connectivity index (χ1n) is 9.67. The lowest BCUT2D eigenvalue weighted by Gasteiger charge is -2.33. The van der Waals surface area contributed by atoms with Gasteiger partial charge in [0.15, 0.2) is 0 Å². The van der Waals surface area contributed by atoms with Crippen LogP contribution in [0.4, 0.5) is 5.00 Å². The molecule has 0 spiro atoms. The number of anilines is 1. The van der Waals surface area contributed by atoms with Crippen molar-refractivity contribution < 1.29 is 27.5 Å². The first-order chi connectivity index (χ1) is 14.1. The summed E-state index contributed by atoms with van der Waals surface area (Å²) in [5.74, 6) is -1.25. The number of carbonyl (C=O) groups excluding carboxylic acids is 3. The van der Waals surface area contributed by atoms with Gasteiger partial charge in [0.25, 0.3) is 5.91 Å². The van der Waals surface area contributed by atoms with E-state index in [1.54, 1.807) is 20.8 Å². The Balaban J connectivity index is 2.09. The third-order valence-electron chi connectivity index (χ3n) is 4.77. The van der Waals surface area contributed by atoms with Gasteiger partial charge in [-0.3, -0.25) is 14.5 Å². The summed E-state index contributed by atoms with van der Waals surface area (Å²) in [6.45, 7) is 6.66. The maximum atomic E-state index is 12.6. The maximum Gasteiger partial charge on any atom is 0.341 e. The Morgan fingerprint density at radius 1 is 1.13 bits per heavy atom. The quantitative estimate of drug-likeness (QED) is 0.541. The highest BCUT2D eigenvalue weighted by molar-refractivity contribution is 7.89. The zero-order valence-corrected chi connectivity index (χ0v) is 19.2. The van der Waals surface area contributed by atoms with Crippen molar-refractivity contribution in [1.29, 1.82) is 0 Å². The molecular weight excluding hydrogens is 432 g/mol. The number of piperazine rings is 1. The van der Waals surface area contributed by atoms with Gasteiger partial charge in [0, 0.05) is 33.2 Å². The highest BCUT2D eigenvalue weighted by atomic mass is 32.2. The van der Waals surface area contributed by atoms with Crippen LogP contribution in [0.5, 0.6) is 0 Å². The van der Waals surface area contributed by atoms with E-state index in [4.69, 9.17) is 4.74 Å². The van der Waals surface area contributed by atoms with E-state index >= 15 is 0 Å². The van der Waals surface area contributed by atoms with Gasteiger partial charge < -0.3 is 15.4 Å². The summed E-state index contributed by atoms with van der Waals surface area (Å²) in [5.41, 5.74) is 0.624. The number of hydrogen-bond donors (Lipinski definition) is 2. The second-order valence-electron chi connectivity index (χ2n) is 6.68. The molecular formula is C18H28N4O6S2. The lowest BCUT2D eigenvalue weighted by atomic mass is 10.1. The van der Waals surface area contributed by atoms with Crippen LogP contribution < -0.4 is 10.6 Å². The minimum absolute atomic E-state index is 0.0501. The number of nitrogens with one attached hydrogen (secondary N) is 2. The predicted molar refractivity (Wildman–Crippen MR) is 115 cm³/mol. The van der Waals surface area contributed by atoms with Crippen molar-refractivity contribution in [3.63, 3.8) is 0 Å². The fraction of sp³-hybridized carbons (Fsp3) is 0.611. The third-order valence-corrected chi connectivity index (χ3v) is 7.86. The zero-order chi connectivity index (χ0) is 22.5. The molecule has 1 saturated heterocycles. The maximum absolute atomic E-state index is 12.6. The Hall–Kier alpha value is -2.02. The smallest absolute Gasteiger partial charge is 0.341 e. The predicted octanol–water partition coefficient (Wildman–Crippen LogP) is 0.499. The third kappa shape index (κ3) is 5.56. The van der Waals surface area contributed by atoms with Gasteiger partial charge in [-0.25, -0.2) is 13.2 Å². The first kappa shape index (κ1) is 24.3. The van der Waals surface area contributed by atoms with Crippen LogP contribution in [0.25, 0.3) is 0 Å². The summed E-state index contributed by atoms with van der Waals surface area (Å²) in [7, 11) is -1.75. The Kier molecular flexibility index (Phi) is 8.35. The van der Waals surface area contributed by atoms with Gasteiger partial charge >= 0.3 is 5.97 Å². The van der Waals surface area contributed by atoms with Gasteiger partial charge in [0.2, 0.25) is 15.9 Å². The minimum Gasteiger partial charge on any atom is -0.462 e. The van der Waals surface area contributed by atoms with Gasteiger partial charge in [0.05, 0.1) is 29.3 Å². The lowest BCUT2D eigenvalue weighted by Crippen LogP contribution is -2.50. The Morgan fingerprint density at radius 2 is 1.77 bits per heavy atom. The molecule has 0 unspecified atom stereocenters. The number of nitrogens with zero attached hydrogens (tertiary/aromatic N) is 2. The van der Waals surface area contributed by atoms with Crippen molar-refractivity contribution >= 4 is 44.1 Å². The Bertz CT molecular complexity index is 904. The van der Waals surface area contributed by atoms with E-state index in [-0.39, 0.29) is 41.3 Å². The van der Waals surface area contributed by atoms with E-state index < -0.39 is 16.0 Å². The summed E-state index contributed by atoms with van der Waals surface area (Å²) in [6, 6.07) is 0. The number of amides is 2. The summed E-state index contributed by atoms with van der Waals surface area (Å²) >= 11 is 1.02. The van der Waals surface area contributed by atoms with Crippen molar-refractivity contribution in [2.45, 2.75) is 20.8 Å². The summed E-state index contributed by atoms with van der Waals surface area (Å²) in [4.78, 5) is 39.2. The van der Waals surface area contributed by atoms with Crippen LogP contribution in [0, 0.1) is 6.92 Å². The molecule has 30 heavy (non-hydrogen) atoms. The SMILES string of the molecule is CCOC(=O)c1c(NC(=O)CN2CCN(S(=O)(=O)CC)CC2)sc(C(=O)NC)c1C. The molecule has 0 bridgehead atoms. The van der Waals surface area contributed by atoms with Crippen LogP contribution in [-0.2, 0) is 19.6 Å². The number of esters is 1. The average molecular weight is 461 g/mol. The second kappa shape index (κ2) is 10.3. The highest BCUT2D eigenvalue weighted by Gasteiger charge is 2.28. The molecule has 168 valence electrons. The van der Waals surface area contributed by atoms with Crippen LogP contribution in [0.3, 0.4) is 0 Å². The molecule has 1 aromatic heterocycles. The molecule has 2 N–H and O–H groups in total. The molecule has 10 nitrogen and oxygen atoms in total. The molecule has 2 rings (SSSR count). The summed E-state index contributed by atoms with van der Waals surface area (Å²) in [5, 5.41) is 5.50. The lowest BCUT2D eigenvalue weighted by molar-refractivity contribution is -0.117. The molecule has 0 atom stereocenters. The van der Waals surface area contributed by atoms with E-state index in [1.165, 1.54) is 11.4 Å². The molecule has 1 aromatic rings. The van der Waals surface area contributed by atoms with Gasteiger partial charge in [-0.2, -0.15) is 4.31 Å².